The molecule has 0 saturated carbocycles. The molecule has 0 amide bonds. The number of carbonyl (C=O) groups excluding carboxylic acids is 2. The number of ketones is 1. The summed E-state index contributed by atoms with van der Waals surface area (Å²) >= 11 is 1.44. The number of benzene rings is 1. The van der Waals surface area contributed by atoms with Crippen molar-refractivity contribution in [3.8, 4) is 0 Å². The third kappa shape index (κ3) is 3.99. The number of thiophene rings is 1. The van der Waals surface area contributed by atoms with Gasteiger partial charge in [-0.2, -0.15) is 0 Å². The van der Waals surface area contributed by atoms with Crippen molar-refractivity contribution in [1.29, 1.82) is 0 Å². The molecule has 3 rings (SSSR count). The van der Waals surface area contributed by atoms with Crippen LogP contribution in [-0.4, -0.2) is 23.3 Å². The van der Waals surface area contributed by atoms with E-state index >= 15 is 0 Å². The van der Waals surface area contributed by atoms with Gasteiger partial charge in [0, 0.05) is 22.1 Å². The number of esters is 1. The Hall–Kier alpha value is -2.54. The van der Waals surface area contributed by atoms with E-state index in [4.69, 9.17) is 4.74 Å². The summed E-state index contributed by atoms with van der Waals surface area (Å²) in [7, 11) is 0. The molecule has 0 fully saturated rings. The second kappa shape index (κ2) is 7.78. The number of nitro groups is 1. The minimum Gasteiger partial charge on any atom is -0.453 e. The van der Waals surface area contributed by atoms with E-state index < -0.39 is 23.3 Å². The lowest BCUT2D eigenvalue weighted by atomic mass is 10.1. The minimum atomic E-state index is -0.531. The normalized spacial score (nSPS) is 13.6. The van der Waals surface area contributed by atoms with Crippen LogP contribution in [0.5, 0.6) is 0 Å². The predicted molar refractivity (Wildman–Crippen MR) is 98.0 cm³/mol. The van der Waals surface area contributed by atoms with E-state index in [0.29, 0.717) is 10.4 Å². The van der Waals surface area contributed by atoms with Crippen molar-refractivity contribution >= 4 is 28.8 Å². The number of Topliss-reactive ketones (excluding diaryl/α,β-unsaturated/α-hetero) is 1. The van der Waals surface area contributed by atoms with E-state index in [2.05, 4.69) is 0 Å². The third-order valence-electron chi connectivity index (χ3n) is 4.51. The van der Waals surface area contributed by atoms with Crippen LogP contribution in [0.1, 0.15) is 55.3 Å². The van der Waals surface area contributed by atoms with Crippen LogP contribution in [0.4, 0.5) is 5.69 Å². The summed E-state index contributed by atoms with van der Waals surface area (Å²) in [5, 5.41) is 11.0. The molecule has 1 aliphatic carbocycles. The highest BCUT2D eigenvalue weighted by Gasteiger charge is 2.20. The van der Waals surface area contributed by atoms with Gasteiger partial charge in [-0.25, -0.2) is 4.79 Å². The standard InChI is InChI=1S/C19H19NO5S/c1-12-7-8-13(9-15(12)20(23)24)16(21)11-25-19(22)18-10-14-5-3-2-4-6-17(14)26-18/h7-10H,2-6,11H2,1H3. The van der Waals surface area contributed by atoms with Gasteiger partial charge in [-0.1, -0.05) is 18.6 Å². The van der Waals surface area contributed by atoms with E-state index in [1.54, 1.807) is 6.92 Å². The molecule has 1 heterocycles. The van der Waals surface area contributed by atoms with Gasteiger partial charge in [0.05, 0.1) is 4.92 Å². The SMILES string of the molecule is Cc1ccc(C(=O)COC(=O)c2cc3c(s2)CCCCC3)cc1[N+](=O)[O-]. The van der Waals surface area contributed by atoms with Crippen LogP contribution in [0.3, 0.4) is 0 Å². The van der Waals surface area contributed by atoms with Gasteiger partial charge in [-0.3, -0.25) is 14.9 Å². The van der Waals surface area contributed by atoms with Crippen molar-refractivity contribution in [3.05, 3.63) is 60.8 Å². The minimum absolute atomic E-state index is 0.121. The van der Waals surface area contributed by atoms with Gasteiger partial charge in [-0.05, 0) is 44.2 Å². The molecule has 0 radical (unpaired) electrons. The molecule has 0 N–H and O–H groups in total. The Morgan fingerprint density at radius 1 is 1.19 bits per heavy atom. The van der Waals surface area contributed by atoms with Crippen molar-refractivity contribution in [3.63, 3.8) is 0 Å². The zero-order chi connectivity index (χ0) is 18.7. The molecule has 6 nitrogen and oxygen atoms in total. The van der Waals surface area contributed by atoms with E-state index in [1.807, 2.05) is 6.07 Å². The molecule has 0 unspecified atom stereocenters. The van der Waals surface area contributed by atoms with E-state index in [9.17, 15) is 19.7 Å². The van der Waals surface area contributed by atoms with Crippen LogP contribution in [0.25, 0.3) is 0 Å². The topological polar surface area (TPSA) is 86.5 Å². The average molecular weight is 373 g/mol. The highest BCUT2D eigenvalue weighted by molar-refractivity contribution is 7.14. The van der Waals surface area contributed by atoms with Crippen molar-refractivity contribution in [2.75, 3.05) is 6.61 Å². The molecule has 0 spiro atoms. The number of hydrogen-bond donors (Lipinski definition) is 0. The van der Waals surface area contributed by atoms with Crippen LogP contribution in [0.2, 0.25) is 0 Å². The molecule has 136 valence electrons. The summed E-state index contributed by atoms with van der Waals surface area (Å²) in [6.07, 6.45) is 5.43. The highest BCUT2D eigenvalue weighted by atomic mass is 32.1. The second-order valence-electron chi connectivity index (χ2n) is 6.38. The van der Waals surface area contributed by atoms with E-state index in [-0.39, 0.29) is 11.3 Å². The molecular weight excluding hydrogens is 354 g/mol. The molecule has 0 saturated heterocycles. The monoisotopic (exact) mass is 373 g/mol. The van der Waals surface area contributed by atoms with Gasteiger partial charge < -0.3 is 4.74 Å². The van der Waals surface area contributed by atoms with Crippen LogP contribution in [0, 0.1) is 17.0 Å². The maximum absolute atomic E-state index is 12.2. The maximum Gasteiger partial charge on any atom is 0.348 e. The lowest BCUT2D eigenvalue weighted by Crippen LogP contribution is -2.14. The molecule has 0 bridgehead atoms. The van der Waals surface area contributed by atoms with E-state index in [0.717, 1.165) is 25.7 Å². The molecular formula is C19H19NO5S. The average Bonchev–Trinajstić information content (AvgIpc) is 2.90. The summed E-state index contributed by atoms with van der Waals surface area (Å²) < 4.78 is 5.14. The Balaban J connectivity index is 1.65. The van der Waals surface area contributed by atoms with Crippen LogP contribution in [0.15, 0.2) is 24.3 Å². The fourth-order valence-electron chi connectivity index (χ4n) is 3.03. The Kier molecular flexibility index (Phi) is 5.46. The van der Waals surface area contributed by atoms with Gasteiger partial charge in [0.1, 0.15) is 4.88 Å². The zero-order valence-corrected chi connectivity index (χ0v) is 15.3. The lowest BCUT2D eigenvalue weighted by Gasteiger charge is -2.04. The van der Waals surface area contributed by atoms with Crippen molar-refractivity contribution in [2.24, 2.45) is 0 Å². The molecule has 1 aromatic carbocycles. The van der Waals surface area contributed by atoms with Crippen LogP contribution < -0.4 is 0 Å². The number of fused-ring (bicyclic) bond motifs is 1. The quantitative estimate of drug-likeness (QED) is 0.257. The number of ether oxygens (including phenoxy) is 1. The number of aryl methyl sites for hydroxylation is 3. The van der Waals surface area contributed by atoms with Gasteiger partial charge in [0.15, 0.2) is 6.61 Å². The summed E-state index contributed by atoms with van der Waals surface area (Å²) in [4.78, 5) is 36.6. The Labute approximate surface area is 154 Å². The smallest absolute Gasteiger partial charge is 0.348 e. The Morgan fingerprint density at radius 2 is 1.96 bits per heavy atom. The predicted octanol–water partition coefficient (Wildman–Crippen LogP) is 4.27. The zero-order valence-electron chi connectivity index (χ0n) is 14.4. The first-order valence-corrected chi connectivity index (χ1v) is 9.34. The molecule has 0 aliphatic heterocycles. The Morgan fingerprint density at radius 3 is 2.73 bits per heavy atom. The fraction of sp³-hybridized carbons (Fsp3) is 0.368. The third-order valence-corrected chi connectivity index (χ3v) is 5.73. The number of rotatable bonds is 5. The second-order valence-corrected chi connectivity index (χ2v) is 7.51. The molecule has 1 aliphatic rings. The van der Waals surface area contributed by atoms with Gasteiger partial charge in [0.2, 0.25) is 5.78 Å². The maximum atomic E-state index is 12.2. The van der Waals surface area contributed by atoms with Crippen molar-refractivity contribution in [1.82, 2.24) is 0 Å². The first kappa shape index (κ1) is 18.3. The molecule has 26 heavy (non-hydrogen) atoms. The summed E-state index contributed by atoms with van der Waals surface area (Å²) in [5.74, 6) is -0.974. The van der Waals surface area contributed by atoms with Crippen molar-refractivity contribution in [2.45, 2.75) is 39.0 Å². The number of carbonyl (C=O) groups is 2. The lowest BCUT2D eigenvalue weighted by molar-refractivity contribution is -0.385. The Bertz CT molecular complexity index is 847. The van der Waals surface area contributed by atoms with Gasteiger partial charge in [-0.15, -0.1) is 11.3 Å². The van der Waals surface area contributed by atoms with Crippen LogP contribution >= 0.6 is 11.3 Å². The summed E-state index contributed by atoms with van der Waals surface area (Å²) in [6.45, 7) is 1.18. The number of hydrogen-bond acceptors (Lipinski definition) is 6. The molecule has 1 aromatic heterocycles. The summed E-state index contributed by atoms with van der Waals surface area (Å²) in [6, 6.07) is 6.11. The molecule has 2 aromatic rings. The summed E-state index contributed by atoms with van der Waals surface area (Å²) in [5.41, 5.74) is 1.73. The number of nitro benzene ring substituents is 1. The van der Waals surface area contributed by atoms with E-state index in [1.165, 1.54) is 46.4 Å². The first-order chi connectivity index (χ1) is 12.5. The number of nitrogens with zero attached hydrogens (tertiary/aromatic N) is 1. The van der Waals surface area contributed by atoms with Gasteiger partial charge >= 0.3 is 5.97 Å². The first-order valence-electron chi connectivity index (χ1n) is 8.52. The largest absolute Gasteiger partial charge is 0.453 e. The fourth-order valence-corrected chi connectivity index (χ4v) is 4.18. The highest BCUT2D eigenvalue weighted by Crippen LogP contribution is 2.29. The molecule has 0 atom stereocenters. The van der Waals surface area contributed by atoms with Crippen molar-refractivity contribution < 1.29 is 19.2 Å². The molecule has 7 heteroatoms. The van der Waals surface area contributed by atoms with Gasteiger partial charge in [0.25, 0.3) is 5.69 Å². The van der Waals surface area contributed by atoms with Crippen LogP contribution in [-0.2, 0) is 17.6 Å².